The van der Waals surface area contributed by atoms with Crippen molar-refractivity contribution in [2.75, 3.05) is 27.4 Å². The summed E-state index contributed by atoms with van der Waals surface area (Å²) >= 11 is 1.39. The first-order chi connectivity index (χ1) is 9.22. The number of benzene rings is 1. The molecule has 0 aliphatic carbocycles. The fourth-order valence-corrected chi connectivity index (χ4v) is 3.03. The highest BCUT2D eigenvalue weighted by molar-refractivity contribution is 7.16. The van der Waals surface area contributed by atoms with Gasteiger partial charge in [-0.2, -0.15) is 0 Å². The molecule has 0 aliphatic heterocycles. The Morgan fingerprint density at radius 2 is 1.89 bits per heavy atom. The van der Waals surface area contributed by atoms with Crippen molar-refractivity contribution >= 4 is 21.6 Å². The van der Waals surface area contributed by atoms with Crippen LogP contribution in [0.25, 0.3) is 10.2 Å². The topological polar surface area (TPSA) is 56.5 Å². The molecule has 0 bridgehead atoms. The molecule has 19 heavy (non-hydrogen) atoms. The van der Waals surface area contributed by atoms with Crippen LogP contribution >= 0.6 is 11.3 Å². The molecule has 6 heteroatoms. The molecule has 0 unspecified atom stereocenters. The van der Waals surface area contributed by atoms with Gasteiger partial charge in [0.2, 0.25) is 0 Å². The maximum atomic E-state index is 8.09. The second-order valence-electron chi connectivity index (χ2n) is 3.90. The van der Waals surface area contributed by atoms with E-state index < -0.39 is 0 Å². The molecule has 1 N–H and O–H groups in total. The van der Waals surface area contributed by atoms with Crippen molar-refractivity contribution in [3.8, 4) is 11.5 Å². The van der Waals surface area contributed by atoms with Crippen LogP contribution in [0.2, 0.25) is 0 Å². The summed E-state index contributed by atoms with van der Waals surface area (Å²) in [6.07, 6.45) is 0. The minimum atomic E-state index is 0.470. The Labute approximate surface area is 115 Å². The normalized spacial score (nSPS) is 10.9. The van der Waals surface area contributed by atoms with Crippen LogP contribution in [0.1, 0.15) is 6.92 Å². The van der Waals surface area contributed by atoms with Gasteiger partial charge in [0.05, 0.1) is 20.8 Å². The van der Waals surface area contributed by atoms with Crippen LogP contribution in [0.5, 0.6) is 11.5 Å². The van der Waals surface area contributed by atoms with Crippen molar-refractivity contribution < 1.29 is 14.2 Å². The quantitative estimate of drug-likeness (QED) is 0.827. The summed E-state index contributed by atoms with van der Waals surface area (Å²) in [5, 5.41) is 8.09. The summed E-state index contributed by atoms with van der Waals surface area (Å²) in [5.74, 6) is 1.52. The lowest BCUT2D eigenvalue weighted by molar-refractivity contribution is 0.139. The average molecular weight is 282 g/mol. The highest BCUT2D eigenvalue weighted by atomic mass is 32.1. The number of methoxy groups -OCH3 is 2. The van der Waals surface area contributed by atoms with Gasteiger partial charge < -0.3 is 18.8 Å². The van der Waals surface area contributed by atoms with Crippen LogP contribution in [0, 0.1) is 5.41 Å². The first kappa shape index (κ1) is 13.9. The van der Waals surface area contributed by atoms with Gasteiger partial charge in [0.25, 0.3) is 0 Å². The molecule has 0 saturated heterocycles. The molecule has 1 aromatic carbocycles. The van der Waals surface area contributed by atoms with Gasteiger partial charge in [0.1, 0.15) is 21.7 Å². The van der Waals surface area contributed by atoms with Gasteiger partial charge in [-0.25, -0.2) is 0 Å². The smallest absolute Gasteiger partial charge is 0.183 e. The predicted octanol–water partition coefficient (Wildman–Crippen LogP) is 2.24. The van der Waals surface area contributed by atoms with E-state index in [1.165, 1.54) is 11.3 Å². The molecular formula is C13H18N2O3S. The van der Waals surface area contributed by atoms with E-state index in [9.17, 15) is 0 Å². The minimum Gasteiger partial charge on any atom is -0.495 e. The Hall–Kier alpha value is -1.53. The molecule has 2 aromatic rings. The van der Waals surface area contributed by atoms with Crippen LogP contribution in [-0.4, -0.2) is 32.0 Å². The SMILES string of the molecule is CCOCCn1c(=N)sc2c(OC)ccc(OC)c21. The van der Waals surface area contributed by atoms with Crippen LogP contribution in [0.15, 0.2) is 12.1 Å². The molecule has 0 amide bonds. The van der Waals surface area contributed by atoms with Crippen LogP contribution in [0.3, 0.4) is 0 Å². The molecule has 0 spiro atoms. The van der Waals surface area contributed by atoms with E-state index in [-0.39, 0.29) is 0 Å². The largest absolute Gasteiger partial charge is 0.495 e. The van der Waals surface area contributed by atoms with Crippen molar-refractivity contribution in [3.63, 3.8) is 0 Å². The summed E-state index contributed by atoms with van der Waals surface area (Å²) in [6.45, 7) is 3.85. The highest BCUT2D eigenvalue weighted by Crippen LogP contribution is 2.34. The summed E-state index contributed by atoms with van der Waals surface area (Å²) < 4.78 is 18.9. The number of hydrogen-bond donors (Lipinski definition) is 1. The number of hydrogen-bond acceptors (Lipinski definition) is 5. The monoisotopic (exact) mass is 282 g/mol. The first-order valence-electron chi connectivity index (χ1n) is 6.09. The molecule has 1 aromatic heterocycles. The maximum Gasteiger partial charge on any atom is 0.183 e. The van der Waals surface area contributed by atoms with Gasteiger partial charge in [-0.3, -0.25) is 5.41 Å². The molecule has 5 nitrogen and oxygen atoms in total. The zero-order valence-corrected chi connectivity index (χ0v) is 12.2. The predicted molar refractivity (Wildman–Crippen MR) is 75.3 cm³/mol. The van der Waals surface area contributed by atoms with Gasteiger partial charge in [-0.05, 0) is 19.1 Å². The number of thiazole rings is 1. The molecular weight excluding hydrogens is 264 g/mol. The Morgan fingerprint density at radius 3 is 2.53 bits per heavy atom. The number of fused-ring (bicyclic) bond motifs is 1. The Bertz CT molecular complexity index is 618. The number of nitrogens with zero attached hydrogens (tertiary/aromatic N) is 1. The third kappa shape index (κ3) is 2.59. The van der Waals surface area contributed by atoms with Crippen molar-refractivity contribution in [1.82, 2.24) is 4.57 Å². The third-order valence-corrected chi connectivity index (χ3v) is 3.89. The van der Waals surface area contributed by atoms with Crippen molar-refractivity contribution in [1.29, 1.82) is 5.41 Å². The lowest BCUT2D eigenvalue weighted by Gasteiger charge is -2.10. The summed E-state index contributed by atoms with van der Waals surface area (Å²) in [5.41, 5.74) is 0.900. The second-order valence-corrected chi connectivity index (χ2v) is 4.90. The Kier molecular flexibility index (Phi) is 4.44. The first-order valence-corrected chi connectivity index (χ1v) is 6.91. The Morgan fingerprint density at radius 1 is 1.21 bits per heavy atom. The highest BCUT2D eigenvalue weighted by Gasteiger charge is 2.14. The van der Waals surface area contributed by atoms with Gasteiger partial charge in [0, 0.05) is 13.2 Å². The second kappa shape index (κ2) is 6.08. The van der Waals surface area contributed by atoms with Gasteiger partial charge in [0.15, 0.2) is 4.80 Å². The number of rotatable bonds is 6. The van der Waals surface area contributed by atoms with Crippen LogP contribution < -0.4 is 14.3 Å². The lowest BCUT2D eigenvalue weighted by Crippen LogP contribution is -2.17. The van der Waals surface area contributed by atoms with Crippen molar-refractivity contribution in [2.24, 2.45) is 0 Å². The van der Waals surface area contributed by atoms with E-state index in [1.54, 1.807) is 14.2 Å². The van der Waals surface area contributed by atoms with E-state index in [0.29, 0.717) is 24.6 Å². The Balaban J connectivity index is 2.56. The van der Waals surface area contributed by atoms with Gasteiger partial charge in [-0.1, -0.05) is 11.3 Å². The van der Waals surface area contributed by atoms with E-state index in [1.807, 2.05) is 23.6 Å². The fraction of sp³-hybridized carbons (Fsp3) is 0.462. The van der Waals surface area contributed by atoms with Crippen LogP contribution in [-0.2, 0) is 11.3 Å². The van der Waals surface area contributed by atoms with E-state index in [4.69, 9.17) is 19.6 Å². The number of nitrogens with one attached hydrogen (secondary N) is 1. The fourth-order valence-electron chi connectivity index (χ4n) is 1.98. The van der Waals surface area contributed by atoms with Crippen LogP contribution in [0.4, 0.5) is 0 Å². The van der Waals surface area contributed by atoms with Gasteiger partial charge >= 0.3 is 0 Å². The zero-order chi connectivity index (χ0) is 13.8. The minimum absolute atomic E-state index is 0.470. The molecule has 0 aliphatic rings. The summed E-state index contributed by atoms with van der Waals surface area (Å²) in [7, 11) is 3.27. The molecule has 2 rings (SSSR count). The average Bonchev–Trinajstić information content (AvgIpc) is 2.75. The molecule has 0 atom stereocenters. The van der Waals surface area contributed by atoms with Gasteiger partial charge in [-0.15, -0.1) is 0 Å². The maximum absolute atomic E-state index is 8.09. The molecule has 104 valence electrons. The summed E-state index contributed by atoms with van der Waals surface area (Å²) in [6, 6.07) is 3.73. The number of aromatic nitrogens is 1. The molecule has 0 saturated carbocycles. The van der Waals surface area contributed by atoms with E-state index in [2.05, 4.69) is 0 Å². The zero-order valence-electron chi connectivity index (χ0n) is 11.4. The molecule has 1 heterocycles. The molecule has 0 radical (unpaired) electrons. The van der Waals surface area contributed by atoms with Crippen molar-refractivity contribution in [3.05, 3.63) is 16.9 Å². The lowest BCUT2D eigenvalue weighted by atomic mass is 10.3. The number of ether oxygens (including phenoxy) is 3. The molecule has 0 fully saturated rings. The van der Waals surface area contributed by atoms with E-state index >= 15 is 0 Å². The van der Waals surface area contributed by atoms with E-state index in [0.717, 1.165) is 21.7 Å². The third-order valence-electron chi connectivity index (χ3n) is 2.88. The van der Waals surface area contributed by atoms with Crippen molar-refractivity contribution in [2.45, 2.75) is 13.5 Å². The standard InChI is InChI=1S/C13H18N2O3S/c1-4-18-8-7-15-11-9(16-2)5-6-10(17-3)12(11)19-13(15)14/h5-6,14H,4,7-8H2,1-3H3. The summed E-state index contributed by atoms with van der Waals surface area (Å²) in [4.78, 5) is 0.470.